The van der Waals surface area contributed by atoms with Crippen LogP contribution < -0.4 is 14.6 Å². The van der Waals surface area contributed by atoms with Gasteiger partial charge in [0.15, 0.2) is 0 Å². The molecule has 0 saturated carbocycles. The van der Waals surface area contributed by atoms with Crippen LogP contribution >= 0.6 is 0 Å². The Labute approximate surface area is 163 Å². The molecule has 0 bridgehead atoms. The number of carbonyl (C=O) groups excluding carboxylic acids is 1. The number of pyridine rings is 2. The number of rotatable bonds is 5. The van der Waals surface area contributed by atoms with E-state index in [1.807, 2.05) is 0 Å². The summed E-state index contributed by atoms with van der Waals surface area (Å²) in [5, 5.41) is 0. The van der Waals surface area contributed by atoms with E-state index in [1.165, 1.54) is 25.5 Å². The van der Waals surface area contributed by atoms with E-state index in [0.29, 0.717) is 43.1 Å². The largest absolute Gasteiger partial charge is 0.474 e. The Morgan fingerprint density at radius 3 is 2.57 bits per heavy atom. The number of nitrogens with one attached hydrogen (secondary N) is 1. The van der Waals surface area contributed by atoms with Crippen molar-refractivity contribution in [1.29, 1.82) is 0 Å². The average molecular weight is 406 g/mol. The summed E-state index contributed by atoms with van der Waals surface area (Å²) < 4.78 is 30.1. The topological polar surface area (TPSA) is 113 Å². The highest BCUT2D eigenvalue weighted by Crippen LogP contribution is 2.21. The molecule has 0 atom stereocenters. The number of hydrogen-bond donors (Lipinski definition) is 1. The standard InChI is InChI=1S/C18H22N4O5S/c1-21(28(2,25)26)14-3-4-17(20-12-14)27-15-6-9-22(10-7-15)18(24)13-5-8-19-16(23)11-13/h3-5,8,11-12,15H,6-7,9-10H2,1-2H3,(H,19,23). The number of aromatic nitrogens is 2. The fourth-order valence-corrected chi connectivity index (χ4v) is 3.42. The van der Waals surface area contributed by atoms with Crippen LogP contribution in [-0.4, -0.2) is 61.7 Å². The summed E-state index contributed by atoms with van der Waals surface area (Å²) >= 11 is 0. The molecule has 3 rings (SSSR count). The molecule has 0 unspecified atom stereocenters. The van der Waals surface area contributed by atoms with E-state index >= 15 is 0 Å². The molecule has 1 N–H and O–H groups in total. The first-order chi connectivity index (χ1) is 13.2. The van der Waals surface area contributed by atoms with Gasteiger partial charge in [-0.1, -0.05) is 0 Å². The summed E-state index contributed by atoms with van der Waals surface area (Å²) in [5.74, 6) is 0.237. The maximum atomic E-state index is 12.5. The zero-order chi connectivity index (χ0) is 20.3. The van der Waals surface area contributed by atoms with Gasteiger partial charge < -0.3 is 14.6 Å². The lowest BCUT2D eigenvalue weighted by molar-refractivity contribution is 0.0587. The number of piperidine rings is 1. The molecule has 0 radical (unpaired) electrons. The van der Waals surface area contributed by atoms with Gasteiger partial charge in [0.05, 0.1) is 18.1 Å². The summed E-state index contributed by atoms with van der Waals surface area (Å²) in [6.07, 6.45) is 5.22. The second-order valence-electron chi connectivity index (χ2n) is 6.64. The van der Waals surface area contributed by atoms with Gasteiger partial charge in [0, 0.05) is 56.9 Å². The van der Waals surface area contributed by atoms with Crippen LogP contribution in [0, 0.1) is 0 Å². The van der Waals surface area contributed by atoms with Crippen molar-refractivity contribution in [2.45, 2.75) is 18.9 Å². The fraction of sp³-hybridized carbons (Fsp3) is 0.389. The Balaban J connectivity index is 1.56. The summed E-state index contributed by atoms with van der Waals surface area (Å²) in [7, 11) is -1.88. The Morgan fingerprint density at radius 2 is 2.00 bits per heavy atom. The van der Waals surface area contributed by atoms with Crippen LogP contribution in [0.3, 0.4) is 0 Å². The molecule has 28 heavy (non-hydrogen) atoms. The van der Waals surface area contributed by atoms with E-state index in [9.17, 15) is 18.0 Å². The molecule has 0 spiro atoms. The molecule has 1 fully saturated rings. The Kier molecular flexibility index (Phi) is 5.68. The first-order valence-electron chi connectivity index (χ1n) is 8.78. The van der Waals surface area contributed by atoms with Gasteiger partial charge in [0.1, 0.15) is 6.10 Å². The van der Waals surface area contributed by atoms with Crippen molar-refractivity contribution in [2.24, 2.45) is 0 Å². The van der Waals surface area contributed by atoms with Gasteiger partial charge in [0.2, 0.25) is 21.5 Å². The number of carbonyl (C=O) groups is 1. The van der Waals surface area contributed by atoms with Crippen LogP contribution in [0.2, 0.25) is 0 Å². The number of nitrogens with zero attached hydrogens (tertiary/aromatic N) is 3. The number of hydrogen-bond acceptors (Lipinski definition) is 6. The normalized spacial score (nSPS) is 15.3. The highest BCUT2D eigenvalue weighted by atomic mass is 32.2. The molecule has 0 aliphatic carbocycles. The van der Waals surface area contributed by atoms with Gasteiger partial charge in [-0.15, -0.1) is 0 Å². The van der Waals surface area contributed by atoms with E-state index in [1.54, 1.807) is 23.1 Å². The Bertz CT molecular complexity index is 995. The number of sulfonamides is 1. The van der Waals surface area contributed by atoms with Crippen LogP contribution in [0.25, 0.3) is 0 Å². The molecule has 1 saturated heterocycles. The first kappa shape index (κ1) is 19.9. The van der Waals surface area contributed by atoms with Crippen LogP contribution in [0.15, 0.2) is 41.5 Å². The lowest BCUT2D eigenvalue weighted by Gasteiger charge is -2.32. The van der Waals surface area contributed by atoms with Gasteiger partial charge in [-0.25, -0.2) is 13.4 Å². The Morgan fingerprint density at radius 1 is 1.29 bits per heavy atom. The highest BCUT2D eigenvalue weighted by Gasteiger charge is 2.25. The van der Waals surface area contributed by atoms with Crippen molar-refractivity contribution in [3.8, 4) is 5.88 Å². The van der Waals surface area contributed by atoms with E-state index in [4.69, 9.17) is 4.74 Å². The first-order valence-corrected chi connectivity index (χ1v) is 10.6. The minimum absolute atomic E-state index is 0.0887. The molecule has 1 aliphatic rings. The average Bonchev–Trinajstić information content (AvgIpc) is 2.67. The predicted octanol–water partition coefficient (Wildman–Crippen LogP) is 0.849. The molecule has 9 nitrogen and oxygen atoms in total. The zero-order valence-electron chi connectivity index (χ0n) is 15.7. The van der Waals surface area contributed by atoms with Crippen molar-refractivity contribution >= 4 is 21.6 Å². The van der Waals surface area contributed by atoms with Crippen molar-refractivity contribution < 1.29 is 17.9 Å². The van der Waals surface area contributed by atoms with E-state index < -0.39 is 10.0 Å². The summed E-state index contributed by atoms with van der Waals surface area (Å²) in [5.41, 5.74) is 0.517. The molecule has 0 aromatic carbocycles. The zero-order valence-corrected chi connectivity index (χ0v) is 16.5. The third kappa shape index (κ3) is 4.69. The molecule has 1 aliphatic heterocycles. The Hall–Kier alpha value is -2.88. The van der Waals surface area contributed by atoms with Gasteiger partial charge in [-0.05, 0) is 12.1 Å². The van der Waals surface area contributed by atoms with Crippen LogP contribution in [0.4, 0.5) is 5.69 Å². The fourth-order valence-electron chi connectivity index (χ4n) is 2.93. The predicted molar refractivity (Wildman–Crippen MR) is 104 cm³/mol. The smallest absolute Gasteiger partial charge is 0.254 e. The molecule has 1 amide bonds. The number of amides is 1. The second kappa shape index (κ2) is 8.01. The summed E-state index contributed by atoms with van der Waals surface area (Å²) in [4.78, 5) is 32.2. The third-order valence-electron chi connectivity index (χ3n) is 4.62. The lowest BCUT2D eigenvalue weighted by atomic mass is 10.1. The maximum Gasteiger partial charge on any atom is 0.254 e. The molecule has 2 aromatic heterocycles. The van der Waals surface area contributed by atoms with E-state index in [-0.39, 0.29) is 17.6 Å². The quantitative estimate of drug-likeness (QED) is 0.788. The van der Waals surface area contributed by atoms with Gasteiger partial charge in [0.25, 0.3) is 5.91 Å². The number of aromatic amines is 1. The molecule has 3 heterocycles. The summed E-state index contributed by atoms with van der Waals surface area (Å²) in [6, 6.07) is 6.15. The number of H-pyrrole nitrogens is 1. The van der Waals surface area contributed by atoms with Crippen molar-refractivity contribution in [3.63, 3.8) is 0 Å². The second-order valence-corrected chi connectivity index (χ2v) is 8.65. The molecular weight excluding hydrogens is 384 g/mol. The van der Waals surface area contributed by atoms with Gasteiger partial charge in [-0.3, -0.25) is 13.9 Å². The van der Waals surface area contributed by atoms with Crippen LogP contribution in [-0.2, 0) is 10.0 Å². The number of ether oxygens (including phenoxy) is 1. The minimum atomic E-state index is -3.34. The van der Waals surface area contributed by atoms with Gasteiger partial charge >= 0.3 is 0 Å². The van der Waals surface area contributed by atoms with Crippen molar-refractivity contribution in [2.75, 3.05) is 30.7 Å². The third-order valence-corrected chi connectivity index (χ3v) is 5.83. The van der Waals surface area contributed by atoms with Gasteiger partial charge in [-0.2, -0.15) is 0 Å². The van der Waals surface area contributed by atoms with E-state index in [0.717, 1.165) is 10.6 Å². The monoisotopic (exact) mass is 406 g/mol. The SMILES string of the molecule is CN(c1ccc(OC2CCN(C(=O)c3cc[nH]c(=O)c3)CC2)nc1)S(C)(=O)=O. The summed E-state index contributed by atoms with van der Waals surface area (Å²) in [6.45, 7) is 1.04. The number of likely N-dealkylation sites (tertiary alicyclic amines) is 1. The number of anilines is 1. The maximum absolute atomic E-state index is 12.5. The molecular formula is C18H22N4O5S. The molecule has 150 valence electrons. The minimum Gasteiger partial charge on any atom is -0.474 e. The van der Waals surface area contributed by atoms with Crippen LogP contribution in [0.1, 0.15) is 23.2 Å². The van der Waals surface area contributed by atoms with Crippen molar-refractivity contribution in [3.05, 3.63) is 52.6 Å². The van der Waals surface area contributed by atoms with E-state index in [2.05, 4.69) is 9.97 Å². The highest BCUT2D eigenvalue weighted by molar-refractivity contribution is 7.92. The molecule has 10 heteroatoms. The van der Waals surface area contributed by atoms with Crippen LogP contribution in [0.5, 0.6) is 5.88 Å². The van der Waals surface area contributed by atoms with Crippen molar-refractivity contribution in [1.82, 2.24) is 14.9 Å². The lowest BCUT2D eigenvalue weighted by Crippen LogP contribution is -2.42. The molecule has 2 aromatic rings.